The van der Waals surface area contributed by atoms with E-state index in [0.717, 1.165) is 15.8 Å². The molecule has 0 radical (unpaired) electrons. The van der Waals surface area contributed by atoms with Crippen LogP contribution in [-0.4, -0.2) is 10.9 Å². The first kappa shape index (κ1) is 15.2. The van der Waals surface area contributed by atoms with Crippen LogP contribution in [-0.2, 0) is 0 Å². The van der Waals surface area contributed by atoms with Crippen LogP contribution in [0.4, 0.5) is 17.2 Å². The molecule has 0 bridgehead atoms. The van der Waals surface area contributed by atoms with Crippen molar-refractivity contribution in [2.75, 3.05) is 10.6 Å². The van der Waals surface area contributed by atoms with Gasteiger partial charge in [-0.3, -0.25) is 4.79 Å². The van der Waals surface area contributed by atoms with Gasteiger partial charge in [0, 0.05) is 15.7 Å². The van der Waals surface area contributed by atoms with Gasteiger partial charge in [-0.05, 0) is 48.5 Å². The largest absolute Gasteiger partial charge is 0.354 e. The van der Waals surface area contributed by atoms with Gasteiger partial charge < -0.3 is 10.6 Å². The molecule has 2 aromatic carbocycles. The molecule has 1 aromatic heterocycles. The summed E-state index contributed by atoms with van der Waals surface area (Å²) in [5.41, 5.74) is 2.43. The summed E-state index contributed by atoms with van der Waals surface area (Å²) < 4.78 is 0.934. The molecule has 0 atom stereocenters. The van der Waals surface area contributed by atoms with Gasteiger partial charge in [-0.15, -0.1) is 0 Å². The highest BCUT2D eigenvalue weighted by molar-refractivity contribution is 9.10. The maximum absolute atomic E-state index is 12.1. The van der Waals surface area contributed by atoms with E-state index in [1.807, 2.05) is 48.5 Å². The Morgan fingerprint density at radius 3 is 2.26 bits per heavy atom. The second-order valence-corrected chi connectivity index (χ2v) is 5.80. The Labute approximate surface area is 142 Å². The molecular weight excluding hydrogens is 354 g/mol. The molecule has 0 unspecified atom stereocenters. The Morgan fingerprint density at radius 1 is 0.870 bits per heavy atom. The van der Waals surface area contributed by atoms with Crippen molar-refractivity contribution in [3.63, 3.8) is 0 Å². The molecule has 0 saturated carbocycles. The van der Waals surface area contributed by atoms with E-state index in [4.69, 9.17) is 0 Å². The highest BCUT2D eigenvalue weighted by Crippen LogP contribution is 2.17. The maximum atomic E-state index is 12.1. The molecule has 0 aliphatic rings. The normalized spacial score (nSPS) is 10.1. The van der Waals surface area contributed by atoms with E-state index in [1.165, 1.54) is 0 Å². The first-order chi connectivity index (χ1) is 11.2. The number of carbonyl (C=O) groups is 1. The molecule has 0 fully saturated rings. The molecule has 0 saturated heterocycles. The molecule has 2 N–H and O–H groups in total. The number of amides is 1. The number of hydrogen-bond donors (Lipinski definition) is 2. The number of rotatable bonds is 4. The summed E-state index contributed by atoms with van der Waals surface area (Å²) in [6.45, 7) is 0. The van der Waals surface area contributed by atoms with Gasteiger partial charge in [-0.25, -0.2) is 4.98 Å². The van der Waals surface area contributed by atoms with Crippen LogP contribution < -0.4 is 10.6 Å². The standard InChI is InChI=1S/C18H14BrN3O/c19-14-8-6-13(7-9-14)18(23)22-17-11-10-16(12-20-17)21-15-4-2-1-3-5-15/h1-12,21H,(H,20,22,23). The molecule has 3 rings (SSSR count). The van der Waals surface area contributed by atoms with E-state index in [-0.39, 0.29) is 5.91 Å². The zero-order valence-corrected chi connectivity index (χ0v) is 13.7. The number of aromatic nitrogens is 1. The maximum Gasteiger partial charge on any atom is 0.256 e. The van der Waals surface area contributed by atoms with Crippen LogP contribution in [0, 0.1) is 0 Å². The number of para-hydroxylation sites is 1. The van der Waals surface area contributed by atoms with Crippen molar-refractivity contribution in [1.82, 2.24) is 4.98 Å². The third-order valence-electron chi connectivity index (χ3n) is 3.17. The van der Waals surface area contributed by atoms with Crippen LogP contribution in [0.15, 0.2) is 77.4 Å². The Hall–Kier alpha value is -2.66. The third-order valence-corrected chi connectivity index (χ3v) is 3.70. The van der Waals surface area contributed by atoms with Crippen LogP contribution in [0.2, 0.25) is 0 Å². The molecule has 0 aliphatic carbocycles. The number of nitrogens with zero attached hydrogens (tertiary/aromatic N) is 1. The van der Waals surface area contributed by atoms with Gasteiger partial charge in [0.05, 0.1) is 11.9 Å². The monoisotopic (exact) mass is 367 g/mol. The van der Waals surface area contributed by atoms with Gasteiger partial charge in [0.15, 0.2) is 0 Å². The molecular formula is C18H14BrN3O. The lowest BCUT2D eigenvalue weighted by Crippen LogP contribution is -2.12. The van der Waals surface area contributed by atoms with Crippen molar-refractivity contribution < 1.29 is 4.79 Å². The predicted molar refractivity (Wildman–Crippen MR) is 96.1 cm³/mol. The Balaban J connectivity index is 1.65. The molecule has 3 aromatic rings. The van der Waals surface area contributed by atoms with E-state index in [2.05, 4.69) is 31.5 Å². The van der Waals surface area contributed by atoms with Gasteiger partial charge in [0.2, 0.25) is 0 Å². The quantitative estimate of drug-likeness (QED) is 0.693. The summed E-state index contributed by atoms with van der Waals surface area (Å²) in [7, 11) is 0. The van der Waals surface area contributed by atoms with Gasteiger partial charge in [0.1, 0.15) is 5.82 Å². The number of carbonyl (C=O) groups excluding carboxylic acids is 1. The molecule has 1 amide bonds. The van der Waals surface area contributed by atoms with Gasteiger partial charge >= 0.3 is 0 Å². The van der Waals surface area contributed by atoms with Gasteiger partial charge in [0.25, 0.3) is 5.91 Å². The zero-order chi connectivity index (χ0) is 16.1. The first-order valence-corrected chi connectivity index (χ1v) is 7.85. The topological polar surface area (TPSA) is 54.0 Å². The fraction of sp³-hybridized carbons (Fsp3) is 0. The van der Waals surface area contributed by atoms with Crippen molar-refractivity contribution in [3.8, 4) is 0 Å². The third kappa shape index (κ3) is 4.17. The van der Waals surface area contributed by atoms with Crippen LogP contribution in [0.1, 0.15) is 10.4 Å². The van der Waals surface area contributed by atoms with Crippen LogP contribution in [0.25, 0.3) is 0 Å². The van der Waals surface area contributed by atoms with E-state index in [9.17, 15) is 4.79 Å². The van der Waals surface area contributed by atoms with E-state index in [1.54, 1.807) is 24.4 Å². The summed E-state index contributed by atoms with van der Waals surface area (Å²) in [5.74, 6) is 0.324. The Morgan fingerprint density at radius 2 is 1.61 bits per heavy atom. The smallest absolute Gasteiger partial charge is 0.256 e. The number of halogens is 1. The van der Waals surface area contributed by atoms with E-state index >= 15 is 0 Å². The summed E-state index contributed by atoms with van der Waals surface area (Å²) >= 11 is 3.35. The minimum absolute atomic E-state index is 0.186. The molecule has 4 nitrogen and oxygen atoms in total. The zero-order valence-electron chi connectivity index (χ0n) is 12.2. The summed E-state index contributed by atoms with van der Waals surface area (Å²) in [6, 6.07) is 20.6. The number of pyridine rings is 1. The Bertz CT molecular complexity index is 787. The molecule has 5 heteroatoms. The van der Waals surface area contributed by atoms with Crippen molar-refractivity contribution >= 4 is 39.0 Å². The van der Waals surface area contributed by atoms with Crippen molar-refractivity contribution in [1.29, 1.82) is 0 Å². The van der Waals surface area contributed by atoms with Crippen LogP contribution >= 0.6 is 15.9 Å². The molecule has 23 heavy (non-hydrogen) atoms. The second kappa shape index (κ2) is 7.07. The van der Waals surface area contributed by atoms with Gasteiger partial charge in [-0.2, -0.15) is 0 Å². The fourth-order valence-corrected chi connectivity index (χ4v) is 2.28. The average molecular weight is 368 g/mol. The lowest BCUT2D eigenvalue weighted by molar-refractivity contribution is 0.102. The highest BCUT2D eigenvalue weighted by Gasteiger charge is 2.06. The van der Waals surface area contributed by atoms with Crippen LogP contribution in [0.5, 0.6) is 0 Å². The van der Waals surface area contributed by atoms with E-state index < -0.39 is 0 Å². The SMILES string of the molecule is O=C(Nc1ccc(Nc2ccccc2)cn1)c1ccc(Br)cc1. The number of nitrogens with one attached hydrogen (secondary N) is 2. The average Bonchev–Trinajstić information content (AvgIpc) is 2.58. The number of hydrogen-bond acceptors (Lipinski definition) is 3. The van der Waals surface area contributed by atoms with Crippen molar-refractivity contribution in [2.24, 2.45) is 0 Å². The molecule has 1 heterocycles. The van der Waals surface area contributed by atoms with Crippen LogP contribution in [0.3, 0.4) is 0 Å². The minimum Gasteiger partial charge on any atom is -0.354 e. The lowest BCUT2D eigenvalue weighted by Gasteiger charge is -2.08. The minimum atomic E-state index is -0.186. The van der Waals surface area contributed by atoms with Crippen molar-refractivity contribution in [2.45, 2.75) is 0 Å². The first-order valence-electron chi connectivity index (χ1n) is 7.06. The Kier molecular flexibility index (Phi) is 4.68. The summed E-state index contributed by atoms with van der Waals surface area (Å²) in [6.07, 6.45) is 1.68. The summed E-state index contributed by atoms with van der Waals surface area (Å²) in [5, 5.41) is 6.02. The predicted octanol–water partition coefficient (Wildman–Crippen LogP) is 4.84. The molecule has 114 valence electrons. The second-order valence-electron chi connectivity index (χ2n) is 4.88. The highest BCUT2D eigenvalue weighted by atomic mass is 79.9. The van der Waals surface area contributed by atoms with Crippen molar-refractivity contribution in [3.05, 3.63) is 83.0 Å². The molecule has 0 aliphatic heterocycles. The lowest BCUT2D eigenvalue weighted by atomic mass is 10.2. The fourth-order valence-electron chi connectivity index (χ4n) is 2.02. The number of benzene rings is 2. The van der Waals surface area contributed by atoms with Gasteiger partial charge in [-0.1, -0.05) is 34.1 Å². The summed E-state index contributed by atoms with van der Waals surface area (Å²) in [4.78, 5) is 16.4. The van der Waals surface area contributed by atoms with E-state index in [0.29, 0.717) is 11.4 Å². The number of anilines is 3. The molecule has 0 spiro atoms.